The summed E-state index contributed by atoms with van der Waals surface area (Å²) in [7, 11) is 1.41. The summed E-state index contributed by atoms with van der Waals surface area (Å²) < 4.78 is 15.8. The molecule has 0 atom stereocenters. The zero-order valence-electron chi connectivity index (χ0n) is 17.2. The van der Waals surface area contributed by atoms with E-state index < -0.39 is 17.8 Å². The van der Waals surface area contributed by atoms with Gasteiger partial charge in [0.1, 0.15) is 5.57 Å². The Labute approximate surface area is 184 Å². The Morgan fingerprint density at radius 3 is 2.55 bits per heavy atom. The van der Waals surface area contributed by atoms with Crippen LogP contribution in [-0.4, -0.2) is 37.6 Å². The van der Waals surface area contributed by atoms with Crippen molar-refractivity contribution in [2.45, 2.75) is 20.0 Å². The van der Waals surface area contributed by atoms with Crippen molar-refractivity contribution >= 4 is 41.1 Å². The largest absolute Gasteiger partial charge is 0.493 e. The number of hydrogen-bond acceptors (Lipinski definition) is 6. The molecule has 1 fully saturated rings. The van der Waals surface area contributed by atoms with Crippen LogP contribution in [0.25, 0.3) is 6.08 Å². The number of amides is 2. The van der Waals surface area contributed by atoms with E-state index in [0.29, 0.717) is 11.3 Å². The number of methoxy groups -OCH3 is 1. The molecule has 8 nitrogen and oxygen atoms in total. The number of benzene rings is 2. The predicted octanol–water partition coefficient (Wildman–Crippen LogP) is 3.14. The molecule has 2 aromatic rings. The number of carbonyl (C=O) groups excluding carboxylic acids is 3. The molecule has 0 aliphatic carbocycles. The third kappa shape index (κ3) is 5.16. The van der Waals surface area contributed by atoms with Crippen LogP contribution in [0.1, 0.15) is 19.4 Å². The van der Waals surface area contributed by atoms with Gasteiger partial charge < -0.3 is 14.2 Å². The van der Waals surface area contributed by atoms with Gasteiger partial charge in [-0.15, -0.1) is 0 Å². The van der Waals surface area contributed by atoms with E-state index in [0.717, 1.165) is 0 Å². The van der Waals surface area contributed by atoms with Gasteiger partial charge in [-0.1, -0.05) is 29.8 Å². The number of esters is 1. The third-order valence-corrected chi connectivity index (χ3v) is 4.45. The molecule has 0 aromatic heterocycles. The van der Waals surface area contributed by atoms with Crippen LogP contribution >= 0.6 is 11.6 Å². The molecule has 0 saturated carbocycles. The Kier molecular flexibility index (Phi) is 6.81. The molecule has 1 aliphatic rings. The number of rotatable bonds is 7. The van der Waals surface area contributed by atoms with E-state index in [2.05, 4.69) is 5.43 Å². The quantitative estimate of drug-likeness (QED) is 0.400. The first-order chi connectivity index (χ1) is 14.8. The Morgan fingerprint density at radius 2 is 1.90 bits per heavy atom. The van der Waals surface area contributed by atoms with Crippen molar-refractivity contribution in [2.24, 2.45) is 0 Å². The van der Waals surface area contributed by atoms with Crippen LogP contribution in [0.4, 0.5) is 5.69 Å². The molecule has 0 bridgehead atoms. The van der Waals surface area contributed by atoms with E-state index in [1.165, 1.54) is 24.3 Å². The molecule has 1 saturated heterocycles. The fourth-order valence-electron chi connectivity index (χ4n) is 2.87. The van der Waals surface area contributed by atoms with E-state index in [1.807, 2.05) is 6.07 Å². The maximum atomic E-state index is 12.7. The van der Waals surface area contributed by atoms with Crippen LogP contribution in [-0.2, 0) is 19.1 Å². The molecule has 162 valence electrons. The minimum absolute atomic E-state index is 0.0591. The lowest BCUT2D eigenvalue weighted by atomic mass is 10.1. The summed E-state index contributed by atoms with van der Waals surface area (Å²) in [4.78, 5) is 36.8. The molecule has 0 spiro atoms. The summed E-state index contributed by atoms with van der Waals surface area (Å²) in [5, 5.41) is 1.32. The number of carbonyl (C=O) groups is 3. The van der Waals surface area contributed by atoms with Gasteiger partial charge in [0.05, 0.1) is 23.9 Å². The van der Waals surface area contributed by atoms with Gasteiger partial charge in [0.15, 0.2) is 18.1 Å². The third-order valence-electron chi connectivity index (χ3n) is 4.17. The number of nitrogens with one attached hydrogen (secondary N) is 1. The molecule has 3 rings (SSSR count). The summed E-state index contributed by atoms with van der Waals surface area (Å²) in [5.74, 6) is -1.19. The fourth-order valence-corrected chi connectivity index (χ4v) is 3.15. The SMILES string of the molecule is COc1cc(/C=C2/C(=O)NN(c3ccccc3)C2=O)cc(Cl)c1OCC(=O)OC(C)C. The zero-order valence-corrected chi connectivity index (χ0v) is 17.9. The van der Waals surface area contributed by atoms with Gasteiger partial charge in [0.2, 0.25) is 0 Å². The van der Waals surface area contributed by atoms with Gasteiger partial charge in [0.25, 0.3) is 11.8 Å². The van der Waals surface area contributed by atoms with E-state index in [9.17, 15) is 14.4 Å². The van der Waals surface area contributed by atoms with Crippen molar-refractivity contribution in [3.63, 3.8) is 0 Å². The van der Waals surface area contributed by atoms with Crippen molar-refractivity contribution < 1.29 is 28.6 Å². The highest BCUT2D eigenvalue weighted by Crippen LogP contribution is 2.37. The van der Waals surface area contributed by atoms with E-state index in [4.69, 9.17) is 25.8 Å². The number of ether oxygens (including phenoxy) is 3. The molecule has 9 heteroatoms. The predicted molar refractivity (Wildman–Crippen MR) is 115 cm³/mol. The standard InChI is InChI=1S/C22H21ClN2O6/c1-13(2)31-19(26)12-30-20-17(23)10-14(11-18(20)29-3)9-16-21(27)24-25(22(16)28)15-7-5-4-6-8-15/h4-11,13H,12H2,1-3H3,(H,24,27)/b16-9-. The second kappa shape index (κ2) is 9.53. The van der Waals surface area contributed by atoms with Crippen molar-refractivity contribution in [3.05, 3.63) is 58.6 Å². The number of nitrogens with zero attached hydrogens (tertiary/aromatic N) is 1. The Bertz CT molecular complexity index is 1040. The molecular weight excluding hydrogens is 424 g/mol. The first kappa shape index (κ1) is 22.2. The molecular formula is C22H21ClN2O6. The first-order valence-electron chi connectivity index (χ1n) is 9.42. The molecule has 0 radical (unpaired) electrons. The Balaban J connectivity index is 1.84. The lowest BCUT2D eigenvalue weighted by molar-refractivity contribution is -0.149. The molecule has 1 aliphatic heterocycles. The van der Waals surface area contributed by atoms with Gasteiger partial charge >= 0.3 is 5.97 Å². The highest BCUT2D eigenvalue weighted by Gasteiger charge is 2.34. The molecule has 2 amide bonds. The number of anilines is 1. The topological polar surface area (TPSA) is 94.2 Å². The van der Waals surface area contributed by atoms with E-state index in [1.54, 1.807) is 44.2 Å². The minimum Gasteiger partial charge on any atom is -0.493 e. The normalized spacial score (nSPS) is 14.7. The van der Waals surface area contributed by atoms with Crippen molar-refractivity contribution in [3.8, 4) is 11.5 Å². The van der Waals surface area contributed by atoms with Crippen LogP contribution in [0, 0.1) is 0 Å². The zero-order chi connectivity index (χ0) is 22.5. The second-order valence-electron chi connectivity index (χ2n) is 6.84. The molecule has 31 heavy (non-hydrogen) atoms. The number of hydrogen-bond donors (Lipinski definition) is 1. The minimum atomic E-state index is -0.548. The lowest BCUT2D eigenvalue weighted by Crippen LogP contribution is -2.35. The monoisotopic (exact) mass is 444 g/mol. The highest BCUT2D eigenvalue weighted by molar-refractivity contribution is 6.33. The smallest absolute Gasteiger partial charge is 0.344 e. The summed E-state index contributed by atoms with van der Waals surface area (Å²) in [6, 6.07) is 11.8. The van der Waals surface area contributed by atoms with E-state index >= 15 is 0 Å². The van der Waals surface area contributed by atoms with Crippen molar-refractivity contribution in [1.29, 1.82) is 0 Å². The molecule has 1 heterocycles. The van der Waals surface area contributed by atoms with E-state index in [-0.39, 0.29) is 34.8 Å². The maximum Gasteiger partial charge on any atom is 0.344 e. The first-order valence-corrected chi connectivity index (χ1v) is 9.80. The number of hydrazine groups is 1. The summed E-state index contributed by atoms with van der Waals surface area (Å²) in [5.41, 5.74) is 3.46. The van der Waals surface area contributed by atoms with Gasteiger partial charge in [-0.2, -0.15) is 0 Å². The van der Waals surface area contributed by atoms with Crippen molar-refractivity contribution in [2.75, 3.05) is 18.7 Å². The second-order valence-corrected chi connectivity index (χ2v) is 7.24. The van der Waals surface area contributed by atoms with Crippen LogP contribution in [0.3, 0.4) is 0 Å². The summed E-state index contributed by atoms with van der Waals surface area (Å²) in [6.45, 7) is 3.11. The molecule has 1 N–H and O–H groups in total. The van der Waals surface area contributed by atoms with Crippen LogP contribution in [0.2, 0.25) is 5.02 Å². The summed E-state index contributed by atoms with van der Waals surface area (Å²) >= 11 is 6.30. The Hall–Kier alpha value is -3.52. The maximum absolute atomic E-state index is 12.7. The summed E-state index contributed by atoms with van der Waals surface area (Å²) in [6.07, 6.45) is 1.14. The Morgan fingerprint density at radius 1 is 1.19 bits per heavy atom. The number of para-hydroxylation sites is 1. The fraction of sp³-hybridized carbons (Fsp3) is 0.227. The van der Waals surface area contributed by atoms with Crippen LogP contribution in [0.15, 0.2) is 48.0 Å². The average molecular weight is 445 g/mol. The van der Waals surface area contributed by atoms with Crippen LogP contribution in [0.5, 0.6) is 11.5 Å². The molecule has 0 unspecified atom stereocenters. The van der Waals surface area contributed by atoms with Gasteiger partial charge in [-0.05, 0) is 49.8 Å². The number of halogens is 1. The highest BCUT2D eigenvalue weighted by atomic mass is 35.5. The lowest BCUT2D eigenvalue weighted by Gasteiger charge is -2.14. The molecule has 2 aromatic carbocycles. The van der Waals surface area contributed by atoms with Crippen molar-refractivity contribution in [1.82, 2.24) is 5.43 Å². The van der Waals surface area contributed by atoms with Gasteiger partial charge in [0, 0.05) is 0 Å². The van der Waals surface area contributed by atoms with Gasteiger partial charge in [-0.25, -0.2) is 9.80 Å². The van der Waals surface area contributed by atoms with Crippen LogP contribution < -0.4 is 19.9 Å². The average Bonchev–Trinajstić information content (AvgIpc) is 3.01. The van der Waals surface area contributed by atoms with Gasteiger partial charge in [-0.3, -0.25) is 15.0 Å².